The molecule has 3 N–H and O–H groups in total. The number of hydrogen-bond acceptors (Lipinski definition) is 4. The monoisotopic (exact) mass is 356 g/mol. The Kier molecular flexibility index (Phi) is 6.50. The number of para-hydroxylation sites is 1. The Morgan fingerprint density at radius 2 is 1.62 bits per heavy atom. The molecule has 1 rings (SSSR count). The number of quaternary nitrogens is 1. The van der Waals surface area contributed by atoms with E-state index in [1.54, 1.807) is 19.2 Å². The summed E-state index contributed by atoms with van der Waals surface area (Å²) in [6, 6.07) is 6.23. The summed E-state index contributed by atoms with van der Waals surface area (Å²) >= 11 is 0. The van der Waals surface area contributed by atoms with Crippen LogP contribution < -0.4 is 15.5 Å². The summed E-state index contributed by atoms with van der Waals surface area (Å²) < 4.78 is 23.5. The first-order valence-corrected chi connectivity index (χ1v) is 9.49. The number of amides is 2. The highest BCUT2D eigenvalue weighted by Gasteiger charge is 2.20. The SMILES string of the molecule is C[NH+](CC(=O)Nc1ccccc1S(C)(=O)=O)CC(=O)NC(C)(C)C. The fourth-order valence-electron chi connectivity index (χ4n) is 2.16. The third-order valence-electron chi connectivity index (χ3n) is 3.00. The third-order valence-corrected chi connectivity index (χ3v) is 4.15. The van der Waals surface area contributed by atoms with Crippen molar-refractivity contribution in [2.24, 2.45) is 0 Å². The number of anilines is 1. The molecule has 7 nitrogen and oxygen atoms in total. The first-order valence-electron chi connectivity index (χ1n) is 7.60. The van der Waals surface area contributed by atoms with Gasteiger partial charge in [0.15, 0.2) is 22.9 Å². The molecule has 0 aromatic heterocycles. The fourth-order valence-corrected chi connectivity index (χ4v) is 3.01. The standard InChI is InChI=1S/C16H25N3O4S/c1-16(2,3)18-15(21)11-19(4)10-14(20)17-12-8-6-7-9-13(12)24(5,22)23/h6-9H,10-11H2,1-5H3,(H,17,20)(H,18,21)/p+1. The molecule has 0 radical (unpaired) electrons. The molecule has 1 aromatic carbocycles. The maximum atomic E-state index is 12.1. The maximum Gasteiger partial charge on any atom is 0.279 e. The molecule has 0 aliphatic heterocycles. The van der Waals surface area contributed by atoms with Gasteiger partial charge >= 0.3 is 0 Å². The van der Waals surface area contributed by atoms with Gasteiger partial charge in [-0.05, 0) is 32.9 Å². The van der Waals surface area contributed by atoms with Gasteiger partial charge in [0.25, 0.3) is 11.8 Å². The van der Waals surface area contributed by atoms with E-state index in [1.807, 2.05) is 20.8 Å². The molecule has 0 saturated carbocycles. The predicted molar refractivity (Wildman–Crippen MR) is 92.7 cm³/mol. The van der Waals surface area contributed by atoms with Crippen molar-refractivity contribution in [2.75, 3.05) is 31.7 Å². The fraction of sp³-hybridized carbons (Fsp3) is 0.500. The van der Waals surface area contributed by atoms with Gasteiger partial charge in [-0.15, -0.1) is 0 Å². The highest BCUT2D eigenvalue weighted by molar-refractivity contribution is 7.90. The molecule has 1 unspecified atom stereocenters. The van der Waals surface area contributed by atoms with E-state index in [2.05, 4.69) is 10.6 Å². The van der Waals surface area contributed by atoms with Gasteiger partial charge in [0.2, 0.25) is 0 Å². The van der Waals surface area contributed by atoms with Crippen LogP contribution in [0.2, 0.25) is 0 Å². The smallest absolute Gasteiger partial charge is 0.279 e. The average molecular weight is 356 g/mol. The van der Waals surface area contributed by atoms with E-state index in [1.165, 1.54) is 12.1 Å². The minimum absolute atomic E-state index is 0.0512. The summed E-state index contributed by atoms with van der Waals surface area (Å²) in [5, 5.41) is 5.43. The Hall–Kier alpha value is -1.93. The number of sulfone groups is 1. The molecule has 0 aliphatic carbocycles. The maximum absolute atomic E-state index is 12.1. The number of carbonyl (C=O) groups is 2. The largest absolute Gasteiger partial charge is 0.347 e. The summed E-state index contributed by atoms with van der Waals surface area (Å²) in [6.45, 7) is 5.85. The van der Waals surface area contributed by atoms with Crippen LogP contribution in [0, 0.1) is 0 Å². The molecule has 24 heavy (non-hydrogen) atoms. The van der Waals surface area contributed by atoms with Crippen LogP contribution in [0.4, 0.5) is 5.69 Å². The minimum Gasteiger partial charge on any atom is -0.347 e. The van der Waals surface area contributed by atoms with Crippen molar-refractivity contribution in [3.8, 4) is 0 Å². The molecule has 0 heterocycles. The van der Waals surface area contributed by atoms with E-state index in [0.717, 1.165) is 6.26 Å². The predicted octanol–water partition coefficient (Wildman–Crippen LogP) is -0.542. The molecule has 8 heteroatoms. The molecule has 0 aliphatic rings. The molecule has 0 saturated heterocycles. The second-order valence-electron chi connectivity index (χ2n) is 6.93. The zero-order chi connectivity index (χ0) is 18.5. The van der Waals surface area contributed by atoms with E-state index in [-0.39, 0.29) is 41.0 Å². The van der Waals surface area contributed by atoms with Crippen molar-refractivity contribution in [3.05, 3.63) is 24.3 Å². The highest BCUT2D eigenvalue weighted by atomic mass is 32.2. The van der Waals surface area contributed by atoms with E-state index in [4.69, 9.17) is 0 Å². The molecule has 1 atom stereocenters. The zero-order valence-electron chi connectivity index (χ0n) is 14.8. The Labute approximate surface area is 143 Å². The van der Waals surface area contributed by atoms with Gasteiger partial charge in [-0.2, -0.15) is 0 Å². The van der Waals surface area contributed by atoms with Crippen LogP contribution in [-0.2, 0) is 19.4 Å². The van der Waals surface area contributed by atoms with Gasteiger partial charge < -0.3 is 15.5 Å². The van der Waals surface area contributed by atoms with Crippen LogP contribution >= 0.6 is 0 Å². The Balaban J connectivity index is 2.66. The quantitative estimate of drug-likeness (QED) is 0.638. The zero-order valence-corrected chi connectivity index (χ0v) is 15.6. The minimum atomic E-state index is -3.43. The van der Waals surface area contributed by atoms with Crippen molar-refractivity contribution in [1.29, 1.82) is 0 Å². The second-order valence-corrected chi connectivity index (χ2v) is 8.91. The van der Waals surface area contributed by atoms with Gasteiger partial charge in [-0.3, -0.25) is 9.59 Å². The molecular weight excluding hydrogens is 330 g/mol. The van der Waals surface area contributed by atoms with Gasteiger partial charge in [0.05, 0.1) is 17.6 Å². The second kappa shape index (κ2) is 7.76. The molecule has 0 fully saturated rings. The summed E-state index contributed by atoms with van der Waals surface area (Å²) in [4.78, 5) is 24.7. The lowest BCUT2D eigenvalue weighted by Crippen LogP contribution is -3.11. The Bertz CT molecular complexity index is 708. The van der Waals surface area contributed by atoms with E-state index < -0.39 is 9.84 Å². The summed E-state index contributed by atoms with van der Waals surface area (Å²) in [7, 11) is -1.71. The van der Waals surface area contributed by atoms with E-state index >= 15 is 0 Å². The molecule has 0 bridgehead atoms. The van der Waals surface area contributed by atoms with Gasteiger partial charge in [0, 0.05) is 11.8 Å². The molecule has 1 aromatic rings. The van der Waals surface area contributed by atoms with Crippen LogP contribution in [0.5, 0.6) is 0 Å². The lowest BCUT2D eigenvalue weighted by Gasteiger charge is -2.21. The Morgan fingerprint density at radius 3 is 2.17 bits per heavy atom. The topological polar surface area (TPSA) is 96.8 Å². The summed E-state index contributed by atoms with van der Waals surface area (Å²) in [5.74, 6) is -0.503. The lowest BCUT2D eigenvalue weighted by atomic mass is 10.1. The van der Waals surface area contributed by atoms with Crippen molar-refractivity contribution in [1.82, 2.24) is 5.32 Å². The number of benzene rings is 1. The van der Waals surface area contributed by atoms with Crippen molar-refractivity contribution >= 4 is 27.3 Å². The lowest BCUT2D eigenvalue weighted by molar-refractivity contribution is -0.862. The van der Waals surface area contributed by atoms with Crippen LogP contribution in [0.25, 0.3) is 0 Å². The molecule has 134 valence electrons. The molecule has 0 spiro atoms. The Morgan fingerprint density at radius 1 is 1.08 bits per heavy atom. The third kappa shape index (κ3) is 7.10. The van der Waals surface area contributed by atoms with Gasteiger partial charge in [-0.25, -0.2) is 8.42 Å². The number of nitrogens with one attached hydrogen (secondary N) is 3. The number of hydrogen-bond donors (Lipinski definition) is 3. The van der Waals surface area contributed by atoms with Crippen LogP contribution in [0.3, 0.4) is 0 Å². The normalized spacial score (nSPS) is 13.2. The number of carbonyl (C=O) groups excluding carboxylic acids is 2. The van der Waals surface area contributed by atoms with Crippen LogP contribution in [-0.4, -0.2) is 52.2 Å². The first-order chi connectivity index (χ1) is 10.9. The molecule has 2 amide bonds. The molecular formula is C16H26N3O4S+. The average Bonchev–Trinajstić information content (AvgIpc) is 2.34. The van der Waals surface area contributed by atoms with E-state index in [9.17, 15) is 18.0 Å². The summed E-state index contributed by atoms with van der Waals surface area (Å²) in [6.07, 6.45) is 1.09. The van der Waals surface area contributed by atoms with E-state index in [0.29, 0.717) is 4.90 Å². The first kappa shape index (κ1) is 20.1. The number of rotatable bonds is 6. The van der Waals surface area contributed by atoms with Gasteiger partial charge in [0.1, 0.15) is 0 Å². The van der Waals surface area contributed by atoms with Crippen molar-refractivity contribution in [2.45, 2.75) is 31.2 Å². The highest BCUT2D eigenvalue weighted by Crippen LogP contribution is 2.20. The van der Waals surface area contributed by atoms with Gasteiger partial charge in [-0.1, -0.05) is 12.1 Å². The van der Waals surface area contributed by atoms with Crippen molar-refractivity contribution < 1.29 is 22.9 Å². The van der Waals surface area contributed by atoms with Crippen LogP contribution in [0.1, 0.15) is 20.8 Å². The van der Waals surface area contributed by atoms with Crippen LogP contribution in [0.15, 0.2) is 29.2 Å². The number of likely N-dealkylation sites (N-methyl/N-ethyl adjacent to an activating group) is 1. The van der Waals surface area contributed by atoms with Crippen molar-refractivity contribution in [3.63, 3.8) is 0 Å². The summed E-state index contributed by atoms with van der Waals surface area (Å²) in [5.41, 5.74) is -0.0782.